The van der Waals surface area contributed by atoms with Crippen molar-refractivity contribution in [1.82, 2.24) is 9.55 Å². The van der Waals surface area contributed by atoms with Crippen molar-refractivity contribution in [1.29, 1.82) is 0 Å². The molecule has 17 heavy (non-hydrogen) atoms. The molecule has 0 amide bonds. The van der Waals surface area contributed by atoms with Crippen LogP contribution in [0.1, 0.15) is 13.3 Å². The first-order valence-corrected chi connectivity index (χ1v) is 5.59. The van der Waals surface area contributed by atoms with Crippen LogP contribution in [0.15, 0.2) is 6.33 Å². The van der Waals surface area contributed by atoms with E-state index in [9.17, 15) is 15.2 Å². The van der Waals surface area contributed by atoms with Crippen molar-refractivity contribution in [2.45, 2.75) is 19.4 Å². The fourth-order valence-corrected chi connectivity index (χ4v) is 2.15. The Hall–Kier alpha value is -1.63. The highest BCUT2D eigenvalue weighted by atomic mass is 16.6. The van der Waals surface area contributed by atoms with Crippen LogP contribution in [0.3, 0.4) is 0 Å². The Morgan fingerprint density at radius 1 is 1.65 bits per heavy atom. The number of aromatic nitrogens is 2. The Balaban J connectivity index is 2.28. The zero-order valence-electron chi connectivity index (χ0n) is 9.91. The van der Waals surface area contributed by atoms with Crippen LogP contribution in [0.4, 0.5) is 11.6 Å². The second-order valence-electron chi connectivity index (χ2n) is 4.54. The number of imidazole rings is 1. The highest BCUT2D eigenvalue weighted by Gasteiger charge is 2.31. The monoisotopic (exact) mass is 240 g/mol. The van der Waals surface area contributed by atoms with Crippen LogP contribution in [-0.4, -0.2) is 38.8 Å². The molecule has 1 aromatic heterocycles. The van der Waals surface area contributed by atoms with E-state index in [0.717, 1.165) is 6.42 Å². The Bertz CT molecular complexity index is 431. The molecule has 7 heteroatoms. The van der Waals surface area contributed by atoms with E-state index >= 15 is 0 Å². The molecule has 0 saturated carbocycles. The Morgan fingerprint density at radius 2 is 2.35 bits per heavy atom. The Kier molecular flexibility index (Phi) is 3.01. The molecular weight excluding hydrogens is 224 g/mol. The lowest BCUT2D eigenvalue weighted by molar-refractivity contribution is -0.388. The largest absolute Gasteiger partial charge is 0.406 e. The van der Waals surface area contributed by atoms with E-state index in [2.05, 4.69) is 4.98 Å². The molecule has 2 heterocycles. The molecule has 1 aliphatic heterocycles. The molecule has 1 fully saturated rings. The van der Waals surface area contributed by atoms with Gasteiger partial charge in [0.2, 0.25) is 12.1 Å². The molecule has 2 rings (SSSR count). The molecule has 1 N–H and O–H groups in total. The number of hydrogen-bond donors (Lipinski definition) is 1. The highest BCUT2D eigenvalue weighted by molar-refractivity contribution is 5.55. The first kappa shape index (κ1) is 11.8. The topological polar surface area (TPSA) is 84.4 Å². The molecule has 1 aromatic rings. The van der Waals surface area contributed by atoms with Gasteiger partial charge in [-0.2, -0.15) is 0 Å². The fraction of sp³-hybridized carbons (Fsp3) is 0.700. The van der Waals surface area contributed by atoms with E-state index in [-0.39, 0.29) is 11.7 Å². The van der Waals surface area contributed by atoms with Crippen LogP contribution in [0.2, 0.25) is 0 Å². The molecule has 0 spiro atoms. The summed E-state index contributed by atoms with van der Waals surface area (Å²) in [7, 11) is 1.72. The summed E-state index contributed by atoms with van der Waals surface area (Å²) in [6.07, 6.45) is 1.81. The minimum Gasteiger partial charge on any atom is -0.391 e. The molecule has 0 radical (unpaired) electrons. The minimum absolute atomic E-state index is 0.144. The molecule has 2 atom stereocenters. The van der Waals surface area contributed by atoms with Crippen LogP contribution in [0, 0.1) is 16.0 Å². The molecule has 0 aliphatic carbocycles. The number of rotatable bonds is 2. The van der Waals surface area contributed by atoms with E-state index in [0.29, 0.717) is 18.9 Å². The Labute approximate surface area is 98.8 Å². The molecule has 2 unspecified atom stereocenters. The zero-order chi connectivity index (χ0) is 12.6. The number of aryl methyl sites for hydroxylation is 1. The van der Waals surface area contributed by atoms with E-state index in [1.807, 2.05) is 11.8 Å². The summed E-state index contributed by atoms with van der Waals surface area (Å²) < 4.78 is 1.63. The summed E-state index contributed by atoms with van der Waals surface area (Å²) >= 11 is 0. The van der Waals surface area contributed by atoms with Gasteiger partial charge in [0.1, 0.15) is 0 Å². The summed E-state index contributed by atoms with van der Waals surface area (Å²) in [4.78, 5) is 16.0. The normalized spacial score (nSPS) is 25.0. The van der Waals surface area contributed by atoms with Crippen molar-refractivity contribution in [2.75, 3.05) is 18.0 Å². The average molecular weight is 240 g/mol. The van der Waals surface area contributed by atoms with Gasteiger partial charge in [-0.15, -0.1) is 0 Å². The lowest BCUT2D eigenvalue weighted by atomic mass is 9.96. The van der Waals surface area contributed by atoms with Crippen LogP contribution in [0.5, 0.6) is 0 Å². The molecular formula is C10H16N4O3. The predicted octanol–water partition coefficient (Wildman–Crippen LogP) is 0.535. The molecule has 94 valence electrons. The number of nitro groups is 1. The van der Waals surface area contributed by atoms with Crippen molar-refractivity contribution in [3.05, 3.63) is 16.4 Å². The van der Waals surface area contributed by atoms with E-state index in [1.165, 1.54) is 6.33 Å². The molecule has 1 saturated heterocycles. The van der Waals surface area contributed by atoms with Gasteiger partial charge in [0, 0.05) is 20.1 Å². The molecule has 0 aromatic carbocycles. The summed E-state index contributed by atoms with van der Waals surface area (Å²) in [5, 5.41) is 20.7. The maximum absolute atomic E-state index is 10.9. The smallest absolute Gasteiger partial charge is 0.391 e. The summed E-state index contributed by atoms with van der Waals surface area (Å²) in [5.74, 6) is 0.564. The molecule has 0 bridgehead atoms. The maximum Gasteiger partial charge on any atom is 0.406 e. The first-order chi connectivity index (χ1) is 8.00. The summed E-state index contributed by atoms with van der Waals surface area (Å²) in [6.45, 7) is 3.11. The average Bonchev–Trinajstić information content (AvgIpc) is 2.64. The van der Waals surface area contributed by atoms with Gasteiger partial charge in [0.25, 0.3) is 0 Å². The van der Waals surface area contributed by atoms with Crippen molar-refractivity contribution in [3.63, 3.8) is 0 Å². The van der Waals surface area contributed by atoms with Crippen LogP contribution >= 0.6 is 0 Å². The third kappa shape index (κ3) is 2.10. The van der Waals surface area contributed by atoms with Crippen LogP contribution in [0.25, 0.3) is 0 Å². The molecule has 1 aliphatic rings. The molecule has 7 nitrogen and oxygen atoms in total. The Morgan fingerprint density at radius 3 is 2.94 bits per heavy atom. The number of β-amino-alcohol motifs (C(OH)–C–C–N with tert-alkyl or cyclic N) is 1. The number of aliphatic hydroxyl groups is 1. The van der Waals surface area contributed by atoms with Gasteiger partial charge in [0.05, 0.1) is 6.10 Å². The number of aliphatic hydroxyl groups excluding tert-OH is 1. The summed E-state index contributed by atoms with van der Waals surface area (Å²) in [6, 6.07) is 0. The van der Waals surface area contributed by atoms with Crippen LogP contribution < -0.4 is 4.90 Å². The van der Waals surface area contributed by atoms with Gasteiger partial charge >= 0.3 is 5.82 Å². The van der Waals surface area contributed by atoms with Crippen molar-refractivity contribution >= 4 is 11.6 Å². The lowest BCUT2D eigenvalue weighted by Crippen LogP contribution is -2.43. The second-order valence-corrected chi connectivity index (χ2v) is 4.54. The standard InChI is InChI=1S/C10H16N4O3/c1-7-3-4-13(5-8(7)15)10-9(14(16)17)11-6-12(10)2/h6-8,15H,3-5H2,1-2H3. The lowest BCUT2D eigenvalue weighted by Gasteiger charge is -2.34. The predicted molar refractivity (Wildman–Crippen MR) is 61.9 cm³/mol. The second kappa shape index (κ2) is 4.33. The third-order valence-electron chi connectivity index (χ3n) is 3.28. The minimum atomic E-state index is -0.486. The number of hydrogen-bond acceptors (Lipinski definition) is 5. The van der Waals surface area contributed by atoms with Crippen molar-refractivity contribution in [3.8, 4) is 0 Å². The zero-order valence-corrected chi connectivity index (χ0v) is 9.91. The number of nitrogens with zero attached hydrogens (tertiary/aromatic N) is 4. The van der Waals surface area contributed by atoms with Crippen LogP contribution in [-0.2, 0) is 7.05 Å². The third-order valence-corrected chi connectivity index (χ3v) is 3.28. The van der Waals surface area contributed by atoms with Gasteiger partial charge < -0.3 is 20.1 Å². The number of piperidine rings is 1. The van der Waals surface area contributed by atoms with Gasteiger partial charge in [-0.1, -0.05) is 6.92 Å². The maximum atomic E-state index is 10.9. The van der Waals surface area contributed by atoms with E-state index in [1.54, 1.807) is 11.6 Å². The number of anilines is 1. The van der Waals surface area contributed by atoms with E-state index in [4.69, 9.17) is 0 Å². The van der Waals surface area contributed by atoms with Gasteiger partial charge in [-0.3, -0.25) is 4.57 Å². The SMILES string of the molecule is CC1CCN(c2c([N+](=O)[O-])ncn2C)CC1O. The van der Waals surface area contributed by atoms with Gasteiger partial charge in [-0.25, -0.2) is 0 Å². The fourth-order valence-electron chi connectivity index (χ4n) is 2.15. The first-order valence-electron chi connectivity index (χ1n) is 5.59. The summed E-state index contributed by atoms with van der Waals surface area (Å²) in [5.41, 5.74) is 0. The van der Waals surface area contributed by atoms with E-state index < -0.39 is 11.0 Å². The van der Waals surface area contributed by atoms with Gasteiger partial charge in [-0.05, 0) is 22.2 Å². The highest BCUT2D eigenvalue weighted by Crippen LogP contribution is 2.29. The van der Waals surface area contributed by atoms with Gasteiger partial charge in [0.15, 0.2) is 0 Å². The van der Waals surface area contributed by atoms with Crippen molar-refractivity contribution < 1.29 is 10.0 Å². The quantitative estimate of drug-likeness (QED) is 0.602. The van der Waals surface area contributed by atoms with Crippen molar-refractivity contribution in [2.24, 2.45) is 13.0 Å².